The molecule has 0 aliphatic rings. The monoisotopic (exact) mass is 531 g/mol. The summed E-state index contributed by atoms with van der Waals surface area (Å²) in [5, 5.41) is 11.3. The molecule has 192 valence electrons. The van der Waals surface area contributed by atoms with Crippen LogP contribution in [-0.4, -0.2) is 55.1 Å². The Morgan fingerprint density at radius 3 is 2.42 bits per heavy atom. The Balaban J connectivity index is 1.79. The third-order valence-electron chi connectivity index (χ3n) is 5.37. The van der Waals surface area contributed by atoms with Crippen LogP contribution in [0.1, 0.15) is 44.0 Å². The zero-order valence-electron chi connectivity index (χ0n) is 20.3. The van der Waals surface area contributed by atoms with E-state index >= 15 is 0 Å². The van der Waals surface area contributed by atoms with Crippen molar-refractivity contribution in [1.29, 1.82) is 0 Å². The molecule has 3 rings (SSSR count). The number of hydrogen-bond donors (Lipinski definition) is 2. The van der Waals surface area contributed by atoms with Crippen LogP contribution < -0.4 is 9.46 Å². The van der Waals surface area contributed by atoms with Gasteiger partial charge in [0.15, 0.2) is 6.10 Å². The van der Waals surface area contributed by atoms with E-state index in [4.69, 9.17) is 4.74 Å². The first kappa shape index (κ1) is 27.3. The molecule has 2 N–H and O–H groups in total. The van der Waals surface area contributed by atoms with Crippen molar-refractivity contribution in [3.05, 3.63) is 81.3 Å². The van der Waals surface area contributed by atoms with Gasteiger partial charge in [0.2, 0.25) is 10.0 Å². The third-order valence-corrected chi connectivity index (χ3v) is 6.89. The summed E-state index contributed by atoms with van der Waals surface area (Å²) in [7, 11) is -2.21. The predicted octanol–water partition coefficient (Wildman–Crippen LogP) is 2.84. The minimum absolute atomic E-state index is 0.00666. The summed E-state index contributed by atoms with van der Waals surface area (Å²) in [6, 6.07) is 16.5. The Morgan fingerprint density at radius 1 is 1.14 bits per heavy atom. The highest BCUT2D eigenvalue weighted by Crippen LogP contribution is 2.24. The Kier molecular flexibility index (Phi) is 9.19. The van der Waals surface area contributed by atoms with E-state index in [2.05, 4.69) is 4.98 Å². The van der Waals surface area contributed by atoms with Gasteiger partial charge in [0.05, 0.1) is 19.9 Å². The van der Waals surface area contributed by atoms with Crippen molar-refractivity contribution < 1.29 is 27.9 Å². The molecule has 0 saturated heterocycles. The van der Waals surface area contributed by atoms with Gasteiger partial charge in [0.1, 0.15) is 16.5 Å². The molecule has 0 unspecified atom stereocenters. The lowest BCUT2D eigenvalue weighted by Gasteiger charge is -2.25. The summed E-state index contributed by atoms with van der Waals surface area (Å²) < 4.78 is 29.9. The first-order valence-corrected chi connectivity index (χ1v) is 13.9. The number of ether oxygens (including phenoxy) is 1. The fourth-order valence-electron chi connectivity index (χ4n) is 3.60. The standard InChI is InChI=1S/C25H29N3O6S2/c1-17-22(24(30)27-36(3,32)33)26-21(35-17)16-28(15-7-10-18-8-5-4-6-9-18)25(31)23(29)19-11-13-20(34-2)14-12-19/h4-6,8-9,11-14,23,29H,7,10,15-16H2,1-3H3,(H,27,30)/t23-/m1/s1. The second-order valence-electron chi connectivity index (χ2n) is 8.24. The number of sulfonamides is 1. The van der Waals surface area contributed by atoms with E-state index in [1.165, 1.54) is 23.3 Å². The van der Waals surface area contributed by atoms with Gasteiger partial charge in [-0.25, -0.2) is 18.1 Å². The van der Waals surface area contributed by atoms with E-state index in [1.807, 2.05) is 35.1 Å². The molecule has 0 radical (unpaired) electrons. The van der Waals surface area contributed by atoms with Crippen molar-refractivity contribution in [1.82, 2.24) is 14.6 Å². The molecule has 11 heteroatoms. The largest absolute Gasteiger partial charge is 0.497 e. The van der Waals surface area contributed by atoms with E-state index in [1.54, 1.807) is 31.2 Å². The Labute approximate surface area is 214 Å². The van der Waals surface area contributed by atoms with Crippen molar-refractivity contribution in [2.45, 2.75) is 32.4 Å². The molecule has 3 aromatic rings. The lowest BCUT2D eigenvalue weighted by molar-refractivity contribution is -0.141. The second-order valence-corrected chi connectivity index (χ2v) is 11.3. The number of aromatic nitrogens is 1. The third kappa shape index (κ3) is 7.61. The van der Waals surface area contributed by atoms with Crippen molar-refractivity contribution >= 4 is 33.2 Å². The molecule has 0 fully saturated rings. The van der Waals surface area contributed by atoms with Crippen LogP contribution in [0.25, 0.3) is 0 Å². The van der Waals surface area contributed by atoms with Crippen molar-refractivity contribution in [3.63, 3.8) is 0 Å². The summed E-state index contributed by atoms with van der Waals surface area (Å²) in [5.74, 6) is -0.711. The summed E-state index contributed by atoms with van der Waals surface area (Å²) in [6.07, 6.45) is 0.891. The van der Waals surface area contributed by atoms with Crippen LogP contribution >= 0.6 is 11.3 Å². The molecule has 1 atom stereocenters. The zero-order valence-corrected chi connectivity index (χ0v) is 21.9. The number of nitrogens with zero attached hydrogens (tertiary/aromatic N) is 2. The molecular weight excluding hydrogens is 502 g/mol. The second kappa shape index (κ2) is 12.1. The number of aliphatic hydroxyl groups is 1. The molecule has 0 bridgehead atoms. The zero-order chi connectivity index (χ0) is 26.3. The van der Waals surface area contributed by atoms with Gasteiger partial charge in [0.25, 0.3) is 11.8 Å². The number of carbonyl (C=O) groups is 2. The van der Waals surface area contributed by atoms with E-state index in [-0.39, 0.29) is 12.2 Å². The average Bonchev–Trinajstić information content (AvgIpc) is 3.22. The van der Waals surface area contributed by atoms with Gasteiger partial charge in [0, 0.05) is 11.4 Å². The molecule has 1 heterocycles. The lowest BCUT2D eigenvalue weighted by atomic mass is 10.1. The minimum Gasteiger partial charge on any atom is -0.497 e. The number of hydrogen-bond acceptors (Lipinski definition) is 8. The van der Waals surface area contributed by atoms with E-state index in [0.29, 0.717) is 34.2 Å². The molecule has 0 aliphatic carbocycles. The summed E-state index contributed by atoms with van der Waals surface area (Å²) in [6.45, 7) is 2.08. The van der Waals surface area contributed by atoms with Crippen LogP contribution in [0, 0.1) is 6.92 Å². The van der Waals surface area contributed by atoms with Crippen molar-refractivity contribution in [2.75, 3.05) is 19.9 Å². The maximum atomic E-state index is 13.3. The minimum atomic E-state index is -3.74. The summed E-state index contributed by atoms with van der Waals surface area (Å²) >= 11 is 1.20. The van der Waals surface area contributed by atoms with Gasteiger partial charge in [-0.1, -0.05) is 42.5 Å². The first-order chi connectivity index (χ1) is 17.1. The number of amides is 2. The number of aliphatic hydroxyl groups excluding tert-OH is 1. The average molecular weight is 532 g/mol. The fraction of sp³-hybridized carbons (Fsp3) is 0.320. The highest BCUT2D eigenvalue weighted by Gasteiger charge is 2.26. The highest BCUT2D eigenvalue weighted by molar-refractivity contribution is 7.89. The molecule has 1 aromatic heterocycles. The number of aryl methyl sites for hydroxylation is 2. The van der Waals surface area contributed by atoms with E-state index in [0.717, 1.165) is 18.2 Å². The topological polar surface area (TPSA) is 126 Å². The van der Waals surface area contributed by atoms with Crippen LogP contribution in [0.3, 0.4) is 0 Å². The Bertz CT molecular complexity index is 1290. The maximum absolute atomic E-state index is 13.3. The number of thiazole rings is 1. The highest BCUT2D eigenvalue weighted by atomic mass is 32.2. The van der Waals surface area contributed by atoms with Gasteiger partial charge < -0.3 is 14.7 Å². The molecule has 36 heavy (non-hydrogen) atoms. The van der Waals surface area contributed by atoms with Gasteiger partial charge in [-0.2, -0.15) is 0 Å². The van der Waals surface area contributed by atoms with Gasteiger partial charge in [-0.3, -0.25) is 9.59 Å². The van der Waals surface area contributed by atoms with Gasteiger partial charge in [-0.05, 0) is 43.0 Å². The normalized spacial score (nSPS) is 12.1. The smallest absolute Gasteiger partial charge is 0.284 e. The summed E-state index contributed by atoms with van der Waals surface area (Å²) in [4.78, 5) is 32.0. The molecule has 0 aliphatic heterocycles. The number of benzene rings is 2. The predicted molar refractivity (Wildman–Crippen MR) is 137 cm³/mol. The molecule has 2 aromatic carbocycles. The van der Waals surface area contributed by atoms with Crippen LogP contribution in [0.2, 0.25) is 0 Å². The fourth-order valence-corrected chi connectivity index (χ4v) is 4.98. The molecular formula is C25H29N3O6S2. The molecule has 9 nitrogen and oxygen atoms in total. The SMILES string of the molecule is COc1ccc([C@@H](O)C(=O)N(CCCc2ccccc2)Cc2nc(C(=O)NS(C)(=O)=O)c(C)s2)cc1. The van der Waals surface area contributed by atoms with Crippen molar-refractivity contribution in [2.24, 2.45) is 0 Å². The van der Waals surface area contributed by atoms with Crippen LogP contribution in [0.15, 0.2) is 54.6 Å². The molecule has 0 saturated carbocycles. The molecule has 0 spiro atoms. The Hall–Kier alpha value is -3.28. The number of rotatable bonds is 11. The van der Waals surface area contributed by atoms with Crippen LogP contribution in [-0.2, 0) is 27.8 Å². The van der Waals surface area contributed by atoms with Crippen LogP contribution in [0.4, 0.5) is 0 Å². The lowest BCUT2D eigenvalue weighted by Crippen LogP contribution is -2.36. The number of carbonyl (C=O) groups excluding carboxylic acids is 2. The van der Waals surface area contributed by atoms with E-state index < -0.39 is 27.9 Å². The van der Waals surface area contributed by atoms with Crippen LogP contribution in [0.5, 0.6) is 5.75 Å². The quantitative estimate of drug-likeness (QED) is 0.390. The van der Waals surface area contributed by atoms with E-state index in [9.17, 15) is 23.1 Å². The maximum Gasteiger partial charge on any atom is 0.284 e. The number of methoxy groups -OCH3 is 1. The first-order valence-electron chi connectivity index (χ1n) is 11.2. The summed E-state index contributed by atoms with van der Waals surface area (Å²) in [5.41, 5.74) is 1.55. The Morgan fingerprint density at radius 2 is 1.81 bits per heavy atom. The van der Waals surface area contributed by atoms with Gasteiger partial charge in [-0.15, -0.1) is 11.3 Å². The van der Waals surface area contributed by atoms with Gasteiger partial charge >= 0.3 is 0 Å². The van der Waals surface area contributed by atoms with Crippen molar-refractivity contribution in [3.8, 4) is 5.75 Å². The number of nitrogens with one attached hydrogen (secondary N) is 1. The molecule has 2 amide bonds.